The highest BCUT2D eigenvalue weighted by Crippen LogP contribution is 2.13. The van der Waals surface area contributed by atoms with Crippen molar-refractivity contribution in [2.75, 3.05) is 20.1 Å². The van der Waals surface area contributed by atoms with Gasteiger partial charge >= 0.3 is 0 Å². The number of benzene rings is 1. The van der Waals surface area contributed by atoms with Gasteiger partial charge in [0.05, 0.1) is 11.4 Å². The molecule has 130 valence electrons. The molecule has 0 aliphatic carbocycles. The fourth-order valence-electron chi connectivity index (χ4n) is 2.46. The van der Waals surface area contributed by atoms with Crippen molar-refractivity contribution < 1.29 is 0 Å². The van der Waals surface area contributed by atoms with Gasteiger partial charge in [0.15, 0.2) is 5.96 Å². The van der Waals surface area contributed by atoms with Gasteiger partial charge in [-0.25, -0.2) is 4.68 Å². The molecule has 0 amide bonds. The number of aromatic nitrogens is 2. The van der Waals surface area contributed by atoms with Crippen LogP contribution >= 0.6 is 0 Å². The van der Waals surface area contributed by atoms with E-state index in [1.165, 1.54) is 5.56 Å². The fourth-order valence-corrected chi connectivity index (χ4v) is 2.46. The number of para-hydroxylation sites is 1. The summed E-state index contributed by atoms with van der Waals surface area (Å²) in [6.07, 6.45) is 4.19. The van der Waals surface area contributed by atoms with Gasteiger partial charge in [-0.1, -0.05) is 32.0 Å². The SMILES string of the molecule is CN=C(NCCCc1cn(-c2ccccc2)nc1C)NCC(C)C. The number of aryl methyl sites for hydroxylation is 2. The zero-order chi connectivity index (χ0) is 17.4. The molecule has 1 heterocycles. The van der Waals surface area contributed by atoms with Crippen LogP contribution in [0.3, 0.4) is 0 Å². The Morgan fingerprint density at radius 3 is 2.62 bits per heavy atom. The van der Waals surface area contributed by atoms with Crippen LogP contribution in [-0.2, 0) is 6.42 Å². The van der Waals surface area contributed by atoms with Gasteiger partial charge < -0.3 is 10.6 Å². The van der Waals surface area contributed by atoms with Crippen LogP contribution in [0.1, 0.15) is 31.5 Å². The van der Waals surface area contributed by atoms with E-state index in [-0.39, 0.29) is 0 Å². The number of hydrogen-bond acceptors (Lipinski definition) is 2. The summed E-state index contributed by atoms with van der Waals surface area (Å²) in [7, 11) is 1.81. The highest BCUT2D eigenvalue weighted by atomic mass is 15.3. The van der Waals surface area contributed by atoms with Gasteiger partial charge in [0.2, 0.25) is 0 Å². The Labute approximate surface area is 145 Å². The van der Waals surface area contributed by atoms with Crippen LogP contribution in [0.15, 0.2) is 41.5 Å². The Morgan fingerprint density at radius 2 is 1.96 bits per heavy atom. The molecular formula is C19H29N5. The normalized spacial score (nSPS) is 11.8. The van der Waals surface area contributed by atoms with Gasteiger partial charge in [-0.05, 0) is 43.4 Å². The molecule has 24 heavy (non-hydrogen) atoms. The van der Waals surface area contributed by atoms with Crippen molar-refractivity contribution in [3.05, 3.63) is 47.8 Å². The smallest absolute Gasteiger partial charge is 0.190 e. The molecule has 0 aliphatic heterocycles. The van der Waals surface area contributed by atoms with Crippen LogP contribution in [-0.4, -0.2) is 35.9 Å². The lowest BCUT2D eigenvalue weighted by molar-refractivity contribution is 0.612. The van der Waals surface area contributed by atoms with E-state index in [1.807, 2.05) is 29.9 Å². The summed E-state index contributed by atoms with van der Waals surface area (Å²) in [6, 6.07) is 10.2. The average molecular weight is 327 g/mol. The van der Waals surface area contributed by atoms with E-state index in [0.717, 1.165) is 43.3 Å². The van der Waals surface area contributed by atoms with E-state index in [2.05, 4.69) is 59.8 Å². The molecule has 5 nitrogen and oxygen atoms in total. The first kappa shape index (κ1) is 18.0. The first-order valence-corrected chi connectivity index (χ1v) is 8.65. The lowest BCUT2D eigenvalue weighted by Crippen LogP contribution is -2.39. The van der Waals surface area contributed by atoms with Gasteiger partial charge in [-0.15, -0.1) is 0 Å². The predicted octanol–water partition coefficient (Wildman–Crippen LogP) is 2.93. The minimum Gasteiger partial charge on any atom is -0.356 e. The summed E-state index contributed by atoms with van der Waals surface area (Å²) in [6.45, 7) is 8.28. The molecule has 0 fully saturated rings. The van der Waals surface area contributed by atoms with Crippen molar-refractivity contribution in [1.29, 1.82) is 0 Å². The maximum absolute atomic E-state index is 4.62. The summed E-state index contributed by atoms with van der Waals surface area (Å²) in [4.78, 5) is 4.24. The molecular weight excluding hydrogens is 298 g/mol. The Balaban J connectivity index is 1.81. The summed E-state index contributed by atoms with van der Waals surface area (Å²) in [5.74, 6) is 1.48. The standard InChI is InChI=1S/C19H29N5/c1-15(2)13-22-19(20-4)21-12-8-9-17-14-24(23-16(17)3)18-10-6-5-7-11-18/h5-7,10-11,14-15H,8-9,12-13H2,1-4H3,(H2,20,21,22). The maximum atomic E-state index is 4.62. The van der Waals surface area contributed by atoms with Crippen molar-refractivity contribution in [2.45, 2.75) is 33.6 Å². The molecule has 5 heteroatoms. The molecule has 0 aliphatic rings. The second-order valence-corrected chi connectivity index (χ2v) is 6.40. The van der Waals surface area contributed by atoms with Gasteiger partial charge in [0.25, 0.3) is 0 Å². The first-order chi connectivity index (χ1) is 11.6. The van der Waals surface area contributed by atoms with Gasteiger partial charge in [-0.2, -0.15) is 5.10 Å². The third-order valence-electron chi connectivity index (χ3n) is 3.84. The van der Waals surface area contributed by atoms with Crippen molar-refractivity contribution in [3.8, 4) is 5.69 Å². The minimum absolute atomic E-state index is 0.607. The molecule has 1 aromatic carbocycles. The van der Waals surface area contributed by atoms with Crippen molar-refractivity contribution >= 4 is 5.96 Å². The quantitative estimate of drug-likeness (QED) is 0.467. The maximum Gasteiger partial charge on any atom is 0.190 e. The summed E-state index contributed by atoms with van der Waals surface area (Å²) in [5.41, 5.74) is 3.50. The van der Waals surface area contributed by atoms with E-state index in [1.54, 1.807) is 0 Å². The number of aliphatic imine (C=N–C) groups is 1. The van der Waals surface area contributed by atoms with Crippen LogP contribution in [0, 0.1) is 12.8 Å². The average Bonchev–Trinajstić information content (AvgIpc) is 2.96. The Morgan fingerprint density at radius 1 is 1.21 bits per heavy atom. The van der Waals surface area contributed by atoms with E-state index >= 15 is 0 Å². The lowest BCUT2D eigenvalue weighted by atomic mass is 10.1. The van der Waals surface area contributed by atoms with Crippen LogP contribution in [0.25, 0.3) is 5.69 Å². The van der Waals surface area contributed by atoms with E-state index < -0.39 is 0 Å². The molecule has 2 aromatic rings. The number of hydrogen-bond donors (Lipinski definition) is 2. The topological polar surface area (TPSA) is 54.2 Å². The fraction of sp³-hybridized carbons (Fsp3) is 0.474. The summed E-state index contributed by atoms with van der Waals surface area (Å²) < 4.78 is 1.96. The summed E-state index contributed by atoms with van der Waals surface area (Å²) in [5, 5.41) is 11.3. The lowest BCUT2D eigenvalue weighted by Gasteiger charge is -2.13. The molecule has 0 saturated carbocycles. The minimum atomic E-state index is 0.607. The highest BCUT2D eigenvalue weighted by Gasteiger charge is 2.06. The van der Waals surface area contributed by atoms with Crippen LogP contribution in [0.4, 0.5) is 0 Å². The number of rotatable bonds is 7. The third-order valence-corrected chi connectivity index (χ3v) is 3.84. The van der Waals surface area contributed by atoms with Crippen molar-refractivity contribution in [2.24, 2.45) is 10.9 Å². The zero-order valence-corrected chi connectivity index (χ0v) is 15.2. The predicted molar refractivity (Wildman–Crippen MR) is 101 cm³/mol. The second-order valence-electron chi connectivity index (χ2n) is 6.40. The van der Waals surface area contributed by atoms with Crippen molar-refractivity contribution in [1.82, 2.24) is 20.4 Å². The Bertz CT molecular complexity index is 643. The monoisotopic (exact) mass is 327 g/mol. The molecule has 0 saturated heterocycles. The molecule has 0 radical (unpaired) electrons. The van der Waals surface area contributed by atoms with Gasteiger partial charge in [0, 0.05) is 26.3 Å². The molecule has 0 spiro atoms. The largest absolute Gasteiger partial charge is 0.356 e. The van der Waals surface area contributed by atoms with Crippen molar-refractivity contribution in [3.63, 3.8) is 0 Å². The van der Waals surface area contributed by atoms with Gasteiger partial charge in [0.1, 0.15) is 0 Å². The number of nitrogens with one attached hydrogen (secondary N) is 2. The third kappa shape index (κ3) is 5.41. The Hall–Kier alpha value is -2.30. The highest BCUT2D eigenvalue weighted by molar-refractivity contribution is 5.79. The molecule has 0 unspecified atom stereocenters. The van der Waals surface area contributed by atoms with E-state index in [4.69, 9.17) is 0 Å². The zero-order valence-electron chi connectivity index (χ0n) is 15.2. The molecule has 1 aromatic heterocycles. The first-order valence-electron chi connectivity index (χ1n) is 8.65. The molecule has 2 rings (SSSR count). The van der Waals surface area contributed by atoms with E-state index in [0.29, 0.717) is 5.92 Å². The van der Waals surface area contributed by atoms with E-state index in [9.17, 15) is 0 Å². The Kier molecular flexibility index (Phi) is 6.85. The molecule has 2 N–H and O–H groups in total. The van der Waals surface area contributed by atoms with Crippen LogP contribution in [0.5, 0.6) is 0 Å². The second kappa shape index (κ2) is 9.11. The number of guanidine groups is 1. The van der Waals surface area contributed by atoms with Gasteiger partial charge in [-0.3, -0.25) is 4.99 Å². The molecule has 0 atom stereocenters. The van der Waals surface area contributed by atoms with Crippen LogP contribution < -0.4 is 10.6 Å². The number of nitrogens with zero attached hydrogens (tertiary/aromatic N) is 3. The van der Waals surface area contributed by atoms with Crippen LogP contribution in [0.2, 0.25) is 0 Å². The summed E-state index contributed by atoms with van der Waals surface area (Å²) >= 11 is 0. The molecule has 0 bridgehead atoms.